The molecule has 26 heavy (non-hydrogen) atoms. The van der Waals surface area contributed by atoms with E-state index in [1.165, 1.54) is 5.01 Å². The zero-order chi connectivity index (χ0) is 18.5. The van der Waals surface area contributed by atoms with E-state index in [2.05, 4.69) is 5.10 Å². The third-order valence-corrected chi connectivity index (χ3v) is 4.33. The fraction of sp³-hybridized carbons (Fsp3) is 0.250. The van der Waals surface area contributed by atoms with Crippen molar-refractivity contribution in [1.29, 1.82) is 0 Å². The summed E-state index contributed by atoms with van der Waals surface area (Å²) in [6.07, 6.45) is 0.303. The fourth-order valence-electron chi connectivity index (χ4n) is 2.96. The maximum atomic E-state index is 12.5. The Bertz CT molecular complexity index is 815. The number of carboxylic acid groups (broad SMARTS) is 1. The average Bonchev–Trinajstić information content (AvgIpc) is 3.12. The average molecular weight is 352 g/mol. The molecule has 1 heterocycles. The van der Waals surface area contributed by atoms with Gasteiger partial charge in [-0.2, -0.15) is 5.10 Å². The molecule has 2 aromatic rings. The van der Waals surface area contributed by atoms with E-state index in [0.29, 0.717) is 6.42 Å². The molecule has 0 radical (unpaired) electrons. The predicted octanol–water partition coefficient (Wildman–Crippen LogP) is 3.24. The summed E-state index contributed by atoms with van der Waals surface area (Å²) in [6.45, 7) is 0. The monoisotopic (exact) mass is 352 g/mol. The minimum Gasteiger partial charge on any atom is -0.497 e. The Hall–Kier alpha value is -3.15. The molecule has 0 aliphatic carbocycles. The topological polar surface area (TPSA) is 79.2 Å². The van der Waals surface area contributed by atoms with Crippen molar-refractivity contribution >= 4 is 17.6 Å². The second-order valence-corrected chi connectivity index (χ2v) is 6.04. The fourth-order valence-corrected chi connectivity index (χ4v) is 2.96. The second-order valence-electron chi connectivity index (χ2n) is 6.04. The van der Waals surface area contributed by atoms with Crippen LogP contribution in [0.1, 0.15) is 36.4 Å². The van der Waals surface area contributed by atoms with Crippen LogP contribution in [0, 0.1) is 0 Å². The third kappa shape index (κ3) is 3.91. The van der Waals surface area contributed by atoms with Crippen LogP contribution in [0.4, 0.5) is 0 Å². The molecule has 1 aliphatic heterocycles. The Balaban J connectivity index is 1.87. The zero-order valence-electron chi connectivity index (χ0n) is 14.5. The summed E-state index contributed by atoms with van der Waals surface area (Å²) in [5.41, 5.74) is 2.69. The van der Waals surface area contributed by atoms with E-state index in [1.807, 2.05) is 54.6 Å². The summed E-state index contributed by atoms with van der Waals surface area (Å²) in [6, 6.07) is 16.9. The van der Waals surface area contributed by atoms with Crippen LogP contribution in [0.5, 0.6) is 5.75 Å². The van der Waals surface area contributed by atoms with Gasteiger partial charge in [0.05, 0.1) is 25.3 Å². The number of ether oxygens (including phenoxy) is 1. The van der Waals surface area contributed by atoms with Crippen LogP contribution in [0.15, 0.2) is 59.7 Å². The number of hydrogen-bond acceptors (Lipinski definition) is 4. The Morgan fingerprint density at radius 3 is 2.42 bits per heavy atom. The van der Waals surface area contributed by atoms with Gasteiger partial charge in [-0.15, -0.1) is 0 Å². The Morgan fingerprint density at radius 2 is 1.81 bits per heavy atom. The lowest BCUT2D eigenvalue weighted by Gasteiger charge is -2.21. The Labute approximate surface area is 151 Å². The number of carboxylic acids is 1. The number of carbonyl (C=O) groups is 2. The highest BCUT2D eigenvalue weighted by molar-refractivity contribution is 6.03. The molecule has 6 heteroatoms. The number of hydrazone groups is 1. The van der Waals surface area contributed by atoms with Gasteiger partial charge < -0.3 is 9.84 Å². The van der Waals surface area contributed by atoms with Crippen molar-refractivity contribution in [3.63, 3.8) is 0 Å². The summed E-state index contributed by atoms with van der Waals surface area (Å²) in [5.74, 6) is -0.528. The number of nitrogens with zero attached hydrogens (tertiary/aromatic N) is 2. The molecule has 1 N–H and O–H groups in total. The highest BCUT2D eigenvalue weighted by Gasteiger charge is 2.32. The highest BCUT2D eigenvalue weighted by atomic mass is 16.5. The van der Waals surface area contributed by atoms with Crippen LogP contribution in [-0.4, -0.2) is 34.8 Å². The molecular weight excluding hydrogens is 332 g/mol. The van der Waals surface area contributed by atoms with Crippen molar-refractivity contribution in [2.75, 3.05) is 7.11 Å². The maximum Gasteiger partial charge on any atom is 0.303 e. The highest BCUT2D eigenvalue weighted by Crippen LogP contribution is 2.33. The van der Waals surface area contributed by atoms with Crippen molar-refractivity contribution in [2.24, 2.45) is 5.10 Å². The normalized spacial score (nSPS) is 16.3. The van der Waals surface area contributed by atoms with Crippen LogP contribution in [0.3, 0.4) is 0 Å². The molecule has 3 rings (SSSR count). The van der Waals surface area contributed by atoms with E-state index < -0.39 is 5.97 Å². The molecule has 134 valence electrons. The molecule has 0 saturated heterocycles. The van der Waals surface area contributed by atoms with Crippen LogP contribution < -0.4 is 4.74 Å². The van der Waals surface area contributed by atoms with Gasteiger partial charge in [-0.05, 0) is 35.4 Å². The molecule has 2 aromatic carbocycles. The van der Waals surface area contributed by atoms with E-state index in [4.69, 9.17) is 9.84 Å². The first kappa shape index (κ1) is 17.7. The summed E-state index contributed by atoms with van der Waals surface area (Å²) in [7, 11) is 1.61. The number of hydrogen-bond donors (Lipinski definition) is 1. The summed E-state index contributed by atoms with van der Waals surface area (Å²) >= 11 is 0. The van der Waals surface area contributed by atoms with Crippen molar-refractivity contribution < 1.29 is 19.4 Å². The first-order valence-electron chi connectivity index (χ1n) is 8.39. The van der Waals surface area contributed by atoms with Gasteiger partial charge in [0.15, 0.2) is 0 Å². The van der Waals surface area contributed by atoms with Gasteiger partial charge in [-0.25, -0.2) is 5.01 Å². The first-order valence-corrected chi connectivity index (χ1v) is 8.39. The summed E-state index contributed by atoms with van der Waals surface area (Å²) in [4.78, 5) is 23.3. The van der Waals surface area contributed by atoms with Crippen molar-refractivity contribution in [2.45, 2.75) is 25.3 Å². The minimum absolute atomic E-state index is 0.0714. The van der Waals surface area contributed by atoms with Gasteiger partial charge in [0.25, 0.3) is 0 Å². The number of aliphatic carboxylic acids is 1. The van der Waals surface area contributed by atoms with E-state index in [-0.39, 0.29) is 24.8 Å². The molecule has 0 aromatic heterocycles. The standard InChI is InChI=1S/C20H20N2O4/c1-26-16-9-7-14(8-10-16)17-13-18(15-5-3-2-4-6-15)22(21-17)19(23)11-12-20(24)25/h2-10,18H,11-13H2,1H3,(H,24,25)/t18-/m0/s1. The molecule has 0 unspecified atom stereocenters. The second kappa shape index (κ2) is 7.82. The van der Waals surface area contributed by atoms with Gasteiger partial charge in [-0.1, -0.05) is 30.3 Å². The first-order chi connectivity index (χ1) is 12.6. The van der Waals surface area contributed by atoms with Gasteiger partial charge in [-0.3, -0.25) is 9.59 Å². The maximum absolute atomic E-state index is 12.5. The van der Waals surface area contributed by atoms with E-state index in [9.17, 15) is 9.59 Å². The molecule has 0 fully saturated rings. The number of carbonyl (C=O) groups excluding carboxylic acids is 1. The molecule has 1 amide bonds. The lowest BCUT2D eigenvalue weighted by Crippen LogP contribution is -2.27. The molecule has 0 spiro atoms. The number of benzene rings is 2. The van der Waals surface area contributed by atoms with Gasteiger partial charge >= 0.3 is 5.97 Å². The molecule has 0 saturated carbocycles. The quantitative estimate of drug-likeness (QED) is 0.865. The molecule has 0 bridgehead atoms. The minimum atomic E-state index is -0.992. The van der Waals surface area contributed by atoms with E-state index >= 15 is 0 Å². The molecule has 6 nitrogen and oxygen atoms in total. The van der Waals surface area contributed by atoms with Crippen LogP contribution >= 0.6 is 0 Å². The number of methoxy groups -OCH3 is 1. The van der Waals surface area contributed by atoms with Gasteiger partial charge in [0.2, 0.25) is 5.91 Å². The smallest absolute Gasteiger partial charge is 0.303 e. The van der Waals surface area contributed by atoms with Gasteiger partial charge in [0, 0.05) is 12.8 Å². The Morgan fingerprint density at radius 1 is 1.12 bits per heavy atom. The van der Waals surface area contributed by atoms with E-state index in [1.54, 1.807) is 7.11 Å². The van der Waals surface area contributed by atoms with E-state index in [0.717, 1.165) is 22.6 Å². The third-order valence-electron chi connectivity index (χ3n) is 4.33. The molecule has 1 aliphatic rings. The number of amides is 1. The SMILES string of the molecule is COc1ccc(C2=NN(C(=O)CCC(=O)O)[C@H](c3ccccc3)C2)cc1. The lowest BCUT2D eigenvalue weighted by molar-refractivity contribution is -0.141. The Kier molecular flexibility index (Phi) is 5.31. The summed E-state index contributed by atoms with van der Waals surface area (Å²) in [5, 5.41) is 14.8. The number of rotatable bonds is 6. The van der Waals surface area contributed by atoms with Crippen molar-refractivity contribution in [3.05, 3.63) is 65.7 Å². The van der Waals surface area contributed by atoms with Crippen molar-refractivity contribution in [1.82, 2.24) is 5.01 Å². The molecular formula is C20H20N2O4. The summed E-state index contributed by atoms with van der Waals surface area (Å²) < 4.78 is 5.18. The lowest BCUT2D eigenvalue weighted by atomic mass is 9.98. The van der Waals surface area contributed by atoms with Crippen molar-refractivity contribution in [3.8, 4) is 5.75 Å². The van der Waals surface area contributed by atoms with Crippen LogP contribution in [0.2, 0.25) is 0 Å². The largest absolute Gasteiger partial charge is 0.497 e. The predicted molar refractivity (Wildman–Crippen MR) is 97.0 cm³/mol. The zero-order valence-corrected chi connectivity index (χ0v) is 14.5. The van der Waals surface area contributed by atoms with Crippen LogP contribution in [-0.2, 0) is 9.59 Å². The van der Waals surface area contributed by atoms with Gasteiger partial charge in [0.1, 0.15) is 5.75 Å². The molecule has 1 atom stereocenters. The van der Waals surface area contributed by atoms with Crippen LogP contribution in [0.25, 0.3) is 0 Å².